The first-order valence-electron chi connectivity index (χ1n) is 6.80. The van der Waals surface area contributed by atoms with Crippen LogP contribution in [0.25, 0.3) is 6.08 Å². The molecule has 0 aromatic heterocycles. The minimum absolute atomic E-state index is 0.0550. The molecule has 2 aromatic carbocycles. The molecule has 0 heterocycles. The number of carbonyl (C=O) groups excluding carboxylic acids is 1. The van der Waals surface area contributed by atoms with Crippen molar-refractivity contribution in [2.75, 3.05) is 13.7 Å². The van der Waals surface area contributed by atoms with Crippen molar-refractivity contribution in [1.82, 2.24) is 0 Å². The first kappa shape index (κ1) is 15.0. The average molecular weight is 282 g/mol. The highest BCUT2D eigenvalue weighted by molar-refractivity contribution is 6.11. The van der Waals surface area contributed by atoms with E-state index in [-0.39, 0.29) is 12.4 Å². The number of ketones is 1. The van der Waals surface area contributed by atoms with Gasteiger partial charge in [0.1, 0.15) is 5.75 Å². The summed E-state index contributed by atoms with van der Waals surface area (Å²) in [7, 11) is 1.61. The summed E-state index contributed by atoms with van der Waals surface area (Å²) in [5.41, 5.74) is 2.13. The lowest BCUT2D eigenvalue weighted by molar-refractivity contribution is 0.102. The van der Waals surface area contributed by atoms with Gasteiger partial charge in [-0.1, -0.05) is 42.5 Å². The van der Waals surface area contributed by atoms with Gasteiger partial charge in [0.05, 0.1) is 7.11 Å². The number of rotatable bonds is 6. The Morgan fingerprint density at radius 3 is 2.33 bits per heavy atom. The molecular formula is C18H18O3. The van der Waals surface area contributed by atoms with Crippen LogP contribution in [-0.4, -0.2) is 24.6 Å². The quantitative estimate of drug-likeness (QED) is 0.653. The fourth-order valence-electron chi connectivity index (χ4n) is 2.05. The summed E-state index contributed by atoms with van der Waals surface area (Å²) in [4.78, 5) is 12.5. The Labute approximate surface area is 124 Å². The summed E-state index contributed by atoms with van der Waals surface area (Å²) >= 11 is 0. The van der Waals surface area contributed by atoms with Crippen LogP contribution in [0, 0.1) is 0 Å². The maximum Gasteiger partial charge on any atom is 0.189 e. The number of hydrogen-bond acceptors (Lipinski definition) is 3. The van der Waals surface area contributed by atoms with Crippen LogP contribution >= 0.6 is 0 Å². The van der Waals surface area contributed by atoms with Gasteiger partial charge < -0.3 is 9.84 Å². The molecule has 1 N–H and O–H groups in total. The van der Waals surface area contributed by atoms with Gasteiger partial charge in [-0.2, -0.15) is 0 Å². The van der Waals surface area contributed by atoms with Crippen LogP contribution < -0.4 is 4.74 Å². The Morgan fingerprint density at radius 1 is 1.10 bits per heavy atom. The molecular weight excluding hydrogens is 264 g/mol. The molecule has 21 heavy (non-hydrogen) atoms. The summed E-state index contributed by atoms with van der Waals surface area (Å²) in [5.74, 6) is 0.714. The zero-order valence-electron chi connectivity index (χ0n) is 12.0. The molecule has 0 fully saturated rings. The van der Waals surface area contributed by atoms with Crippen LogP contribution in [0.3, 0.4) is 0 Å². The molecule has 0 aliphatic heterocycles. The number of aliphatic hydroxyl groups excluding tert-OH is 1. The van der Waals surface area contributed by atoms with Crippen molar-refractivity contribution in [3.8, 4) is 5.75 Å². The second kappa shape index (κ2) is 7.41. The molecule has 0 saturated carbocycles. The lowest BCUT2D eigenvalue weighted by Gasteiger charge is -2.06. The number of aliphatic hydroxyl groups is 1. The molecule has 2 aromatic rings. The minimum atomic E-state index is -0.0551. The van der Waals surface area contributed by atoms with Crippen molar-refractivity contribution in [2.24, 2.45) is 0 Å². The van der Waals surface area contributed by atoms with Crippen LogP contribution in [-0.2, 0) is 0 Å². The van der Waals surface area contributed by atoms with E-state index in [1.54, 1.807) is 19.2 Å². The SMILES string of the molecule is COc1ccc(/C=C(\CCO)C(=O)c2ccccc2)cc1. The molecule has 108 valence electrons. The summed E-state index contributed by atoms with van der Waals surface area (Å²) in [6.45, 7) is -0.0550. The summed E-state index contributed by atoms with van der Waals surface area (Å²) < 4.78 is 5.11. The van der Waals surface area contributed by atoms with Gasteiger partial charge in [-0.15, -0.1) is 0 Å². The highest BCUT2D eigenvalue weighted by atomic mass is 16.5. The highest BCUT2D eigenvalue weighted by Gasteiger charge is 2.11. The van der Waals surface area contributed by atoms with Crippen LogP contribution in [0.15, 0.2) is 60.2 Å². The first-order chi connectivity index (χ1) is 10.2. The van der Waals surface area contributed by atoms with E-state index >= 15 is 0 Å². The molecule has 0 aliphatic rings. The van der Waals surface area contributed by atoms with Gasteiger partial charge in [-0.05, 0) is 30.2 Å². The Morgan fingerprint density at radius 2 is 1.76 bits per heavy atom. The second-order valence-electron chi connectivity index (χ2n) is 4.61. The smallest absolute Gasteiger partial charge is 0.189 e. The third kappa shape index (κ3) is 4.04. The molecule has 0 amide bonds. The molecule has 0 unspecified atom stereocenters. The standard InChI is InChI=1S/C18H18O3/c1-21-17-9-7-14(8-10-17)13-16(11-12-19)18(20)15-5-3-2-4-6-15/h2-10,13,19H,11-12H2,1H3/b16-13+. The Balaban J connectivity index is 2.28. The third-order valence-corrected chi connectivity index (χ3v) is 3.17. The molecule has 0 radical (unpaired) electrons. The van der Waals surface area contributed by atoms with E-state index in [9.17, 15) is 9.90 Å². The van der Waals surface area contributed by atoms with Gasteiger partial charge in [-0.25, -0.2) is 0 Å². The number of Topliss-reactive ketones (excluding diaryl/α,β-unsaturated/α-hetero) is 1. The van der Waals surface area contributed by atoms with E-state index < -0.39 is 0 Å². The van der Waals surface area contributed by atoms with Gasteiger partial charge in [-0.3, -0.25) is 4.79 Å². The zero-order chi connectivity index (χ0) is 15.1. The van der Waals surface area contributed by atoms with E-state index in [0.717, 1.165) is 11.3 Å². The number of benzene rings is 2. The summed E-state index contributed by atoms with van der Waals surface area (Å²) in [5, 5.41) is 9.18. The molecule has 3 heteroatoms. The Hall–Kier alpha value is -2.39. The number of hydrogen-bond donors (Lipinski definition) is 1. The van der Waals surface area contributed by atoms with Crippen LogP contribution in [0.5, 0.6) is 5.75 Å². The molecule has 0 spiro atoms. The molecule has 0 atom stereocenters. The molecule has 0 bridgehead atoms. The number of carbonyl (C=O) groups is 1. The molecule has 3 nitrogen and oxygen atoms in total. The topological polar surface area (TPSA) is 46.5 Å². The van der Waals surface area contributed by atoms with E-state index in [4.69, 9.17) is 4.74 Å². The average Bonchev–Trinajstić information content (AvgIpc) is 2.55. The predicted molar refractivity (Wildman–Crippen MR) is 83.4 cm³/mol. The lowest BCUT2D eigenvalue weighted by atomic mass is 9.99. The maximum atomic E-state index is 12.5. The highest BCUT2D eigenvalue weighted by Crippen LogP contribution is 2.18. The monoisotopic (exact) mass is 282 g/mol. The maximum absolute atomic E-state index is 12.5. The van der Waals surface area contributed by atoms with E-state index in [1.807, 2.05) is 48.5 Å². The van der Waals surface area contributed by atoms with E-state index in [0.29, 0.717) is 17.6 Å². The van der Waals surface area contributed by atoms with Gasteiger partial charge >= 0.3 is 0 Å². The third-order valence-electron chi connectivity index (χ3n) is 3.17. The summed E-state index contributed by atoms with van der Waals surface area (Å²) in [6, 6.07) is 16.5. The van der Waals surface area contributed by atoms with Gasteiger partial charge in [0, 0.05) is 17.7 Å². The van der Waals surface area contributed by atoms with Gasteiger partial charge in [0.2, 0.25) is 0 Å². The Bertz CT molecular complexity index is 613. The zero-order valence-corrected chi connectivity index (χ0v) is 12.0. The van der Waals surface area contributed by atoms with Gasteiger partial charge in [0.25, 0.3) is 0 Å². The van der Waals surface area contributed by atoms with Gasteiger partial charge in [0.15, 0.2) is 5.78 Å². The van der Waals surface area contributed by atoms with Crippen molar-refractivity contribution >= 4 is 11.9 Å². The van der Waals surface area contributed by atoms with Crippen molar-refractivity contribution < 1.29 is 14.6 Å². The predicted octanol–water partition coefficient (Wildman–Crippen LogP) is 3.34. The molecule has 0 saturated heterocycles. The van der Waals surface area contributed by atoms with Crippen LogP contribution in [0.1, 0.15) is 22.3 Å². The Kier molecular flexibility index (Phi) is 5.29. The first-order valence-corrected chi connectivity index (χ1v) is 6.80. The fraction of sp³-hybridized carbons (Fsp3) is 0.167. The van der Waals surface area contributed by atoms with Crippen molar-refractivity contribution in [1.29, 1.82) is 0 Å². The van der Waals surface area contributed by atoms with E-state index in [2.05, 4.69) is 0 Å². The van der Waals surface area contributed by atoms with Crippen LogP contribution in [0.4, 0.5) is 0 Å². The molecule has 2 rings (SSSR count). The summed E-state index contributed by atoms with van der Waals surface area (Å²) in [6.07, 6.45) is 2.14. The second-order valence-corrected chi connectivity index (χ2v) is 4.61. The number of methoxy groups -OCH3 is 1. The van der Waals surface area contributed by atoms with Crippen molar-refractivity contribution in [2.45, 2.75) is 6.42 Å². The van der Waals surface area contributed by atoms with Crippen molar-refractivity contribution in [3.63, 3.8) is 0 Å². The minimum Gasteiger partial charge on any atom is -0.497 e. The van der Waals surface area contributed by atoms with E-state index in [1.165, 1.54) is 0 Å². The largest absolute Gasteiger partial charge is 0.497 e. The lowest BCUT2D eigenvalue weighted by Crippen LogP contribution is -2.05. The van der Waals surface area contributed by atoms with Crippen LogP contribution in [0.2, 0.25) is 0 Å². The fourth-order valence-corrected chi connectivity index (χ4v) is 2.05. The van der Waals surface area contributed by atoms with Crippen molar-refractivity contribution in [3.05, 3.63) is 71.3 Å². The number of ether oxygens (including phenoxy) is 1. The normalized spacial score (nSPS) is 11.2. The molecule has 0 aliphatic carbocycles.